The molecular formula is C22H32BGeN3. The van der Waals surface area contributed by atoms with E-state index < -0.39 is 15.9 Å². The van der Waals surface area contributed by atoms with Gasteiger partial charge in [-0.05, 0) is 0 Å². The van der Waals surface area contributed by atoms with E-state index in [4.69, 9.17) is 0 Å². The van der Waals surface area contributed by atoms with Gasteiger partial charge >= 0.3 is 173 Å². The van der Waals surface area contributed by atoms with Crippen LogP contribution in [0.15, 0.2) is 36.4 Å². The second kappa shape index (κ2) is 7.92. The van der Waals surface area contributed by atoms with Gasteiger partial charge in [0, 0.05) is 0 Å². The van der Waals surface area contributed by atoms with Crippen molar-refractivity contribution in [3.8, 4) is 0 Å². The van der Waals surface area contributed by atoms with Gasteiger partial charge in [0.2, 0.25) is 0 Å². The van der Waals surface area contributed by atoms with E-state index in [1.807, 2.05) is 0 Å². The molecule has 1 heterocycles. The van der Waals surface area contributed by atoms with E-state index in [9.17, 15) is 0 Å². The standard InChI is InChI=1S/C22H32BGeN3/c1-15(2)25(16(3)4)23-26(21-17(5)11-9-12-18(21)6)24-27(23)22-19(7)13-10-14-20(22)8/h9-16H,1-8H3. The van der Waals surface area contributed by atoms with Crippen LogP contribution in [0.4, 0.5) is 11.4 Å². The van der Waals surface area contributed by atoms with Gasteiger partial charge < -0.3 is 0 Å². The molecule has 1 aliphatic heterocycles. The van der Waals surface area contributed by atoms with E-state index in [1.54, 1.807) is 0 Å². The molecule has 0 aliphatic carbocycles. The fraction of sp³-hybridized carbons (Fsp3) is 0.455. The zero-order valence-electron chi connectivity index (χ0n) is 18.0. The predicted molar refractivity (Wildman–Crippen MR) is 120 cm³/mol. The monoisotopic (exact) mass is 423 g/mol. The Kier molecular flexibility index (Phi) is 5.97. The van der Waals surface area contributed by atoms with E-state index in [1.165, 1.54) is 33.6 Å². The Labute approximate surface area is 172 Å². The summed E-state index contributed by atoms with van der Waals surface area (Å²) in [5.74, 6) is 0. The molecule has 0 bridgehead atoms. The van der Waals surface area contributed by atoms with E-state index in [0.29, 0.717) is 19.2 Å². The molecule has 27 heavy (non-hydrogen) atoms. The van der Waals surface area contributed by atoms with Crippen LogP contribution in [-0.2, 0) is 0 Å². The molecule has 3 nitrogen and oxygen atoms in total. The number of para-hydroxylation sites is 2. The second-order valence-corrected chi connectivity index (χ2v) is 10.7. The van der Waals surface area contributed by atoms with Crippen LogP contribution >= 0.6 is 0 Å². The maximum atomic E-state index is 2.70. The van der Waals surface area contributed by atoms with Crippen LogP contribution in [0.5, 0.6) is 0 Å². The number of hydrogen-bond donors (Lipinski definition) is 0. The number of aryl methyl sites for hydroxylation is 4. The second-order valence-electron chi connectivity index (χ2n) is 8.30. The molecule has 0 aromatic heterocycles. The molecule has 5 heteroatoms. The van der Waals surface area contributed by atoms with Gasteiger partial charge in [-0.2, -0.15) is 0 Å². The van der Waals surface area contributed by atoms with Gasteiger partial charge in [0.15, 0.2) is 0 Å². The fourth-order valence-corrected chi connectivity index (χ4v) is 7.88. The summed E-state index contributed by atoms with van der Waals surface area (Å²) < 4.78 is 5.41. The van der Waals surface area contributed by atoms with Gasteiger partial charge in [-0.1, -0.05) is 0 Å². The summed E-state index contributed by atoms with van der Waals surface area (Å²) in [6.07, 6.45) is 0. The van der Waals surface area contributed by atoms with Crippen molar-refractivity contribution < 1.29 is 0 Å². The van der Waals surface area contributed by atoms with Gasteiger partial charge in [0.05, 0.1) is 0 Å². The van der Waals surface area contributed by atoms with E-state index in [0.717, 1.165) is 0 Å². The third-order valence-electron chi connectivity index (χ3n) is 5.50. The van der Waals surface area contributed by atoms with Gasteiger partial charge in [0.1, 0.15) is 0 Å². The molecule has 2 radical (unpaired) electrons. The van der Waals surface area contributed by atoms with Crippen molar-refractivity contribution in [2.24, 2.45) is 0 Å². The molecule has 1 saturated heterocycles. The minimum atomic E-state index is -0.428. The zero-order valence-corrected chi connectivity index (χ0v) is 20.1. The maximum absolute atomic E-state index is 2.70. The van der Waals surface area contributed by atoms with Crippen LogP contribution in [0, 0.1) is 27.7 Å². The molecule has 1 fully saturated rings. The quantitative estimate of drug-likeness (QED) is 0.637. The Morgan fingerprint density at radius 1 is 0.704 bits per heavy atom. The molecule has 0 unspecified atom stereocenters. The van der Waals surface area contributed by atoms with Crippen molar-refractivity contribution in [1.82, 2.24) is 4.81 Å². The zero-order chi connectivity index (χ0) is 19.9. The summed E-state index contributed by atoms with van der Waals surface area (Å²) in [5.41, 5.74) is 8.43. The molecule has 0 spiro atoms. The van der Waals surface area contributed by atoms with Crippen molar-refractivity contribution in [3.63, 3.8) is 0 Å². The van der Waals surface area contributed by atoms with E-state index in [2.05, 4.69) is 104 Å². The van der Waals surface area contributed by atoms with Crippen LogP contribution < -0.4 is 7.54 Å². The van der Waals surface area contributed by atoms with Gasteiger partial charge in [0.25, 0.3) is 0 Å². The number of benzene rings is 2. The first-order valence-corrected chi connectivity index (χ1v) is 11.9. The molecule has 2 aromatic rings. The Morgan fingerprint density at radius 2 is 1.04 bits per heavy atom. The Balaban J connectivity index is 2.09. The number of rotatable bonds is 5. The van der Waals surface area contributed by atoms with Crippen LogP contribution in [0.25, 0.3) is 0 Å². The molecule has 1 aliphatic rings. The number of hydrogen-bond acceptors (Lipinski definition) is 3. The predicted octanol–water partition coefficient (Wildman–Crippen LogP) is 4.88. The van der Waals surface area contributed by atoms with Crippen LogP contribution in [0.1, 0.15) is 49.9 Å². The molecule has 0 amide bonds. The SMILES string of the molecule is Cc1cccc(C)c1[N]1[Ge][N](c2c(C)cccc2C)B1N(C(C)C)C(C)C. The third-order valence-corrected chi connectivity index (χ3v) is 8.31. The normalized spacial score (nSPS) is 14.6. The molecule has 0 N–H and O–H groups in total. The first kappa shape index (κ1) is 20.3. The summed E-state index contributed by atoms with van der Waals surface area (Å²) in [6.45, 7) is 18.3. The first-order chi connectivity index (χ1) is 12.7. The minimum absolute atomic E-state index is 0.296. The molecular weight excluding hydrogens is 390 g/mol. The van der Waals surface area contributed by atoms with Gasteiger partial charge in [-0.3, -0.25) is 0 Å². The average Bonchev–Trinajstić information content (AvgIpc) is 2.56. The molecule has 0 saturated carbocycles. The fourth-order valence-electron chi connectivity index (χ4n) is 4.38. The van der Waals surface area contributed by atoms with Crippen LogP contribution in [0.3, 0.4) is 0 Å². The first-order valence-electron chi connectivity index (χ1n) is 9.98. The van der Waals surface area contributed by atoms with Crippen LogP contribution in [-0.4, -0.2) is 39.9 Å². The summed E-state index contributed by atoms with van der Waals surface area (Å²) in [5, 5.41) is 0. The molecule has 142 valence electrons. The van der Waals surface area contributed by atoms with Gasteiger partial charge in [-0.25, -0.2) is 0 Å². The summed E-state index contributed by atoms with van der Waals surface area (Å²) in [6, 6.07) is 14.3. The summed E-state index contributed by atoms with van der Waals surface area (Å²) in [4.78, 5) is 2.66. The summed E-state index contributed by atoms with van der Waals surface area (Å²) >= 11 is -0.428. The number of anilines is 2. The molecule has 3 rings (SSSR count). The van der Waals surface area contributed by atoms with Crippen molar-refractivity contribution >= 4 is 34.4 Å². The van der Waals surface area contributed by atoms with E-state index >= 15 is 0 Å². The Morgan fingerprint density at radius 3 is 1.33 bits per heavy atom. The van der Waals surface area contributed by atoms with Crippen molar-refractivity contribution in [2.45, 2.75) is 67.5 Å². The average molecular weight is 422 g/mol. The molecule has 2 aromatic carbocycles. The summed E-state index contributed by atoms with van der Waals surface area (Å²) in [7, 11) is 0.296. The van der Waals surface area contributed by atoms with Crippen molar-refractivity contribution in [3.05, 3.63) is 58.7 Å². The van der Waals surface area contributed by atoms with Crippen LogP contribution in [0.2, 0.25) is 0 Å². The van der Waals surface area contributed by atoms with Crippen molar-refractivity contribution in [1.29, 1.82) is 0 Å². The molecule has 0 atom stereocenters. The van der Waals surface area contributed by atoms with E-state index in [-0.39, 0.29) is 0 Å². The Hall–Kier alpha value is -1.39. The van der Waals surface area contributed by atoms with Gasteiger partial charge in [-0.15, -0.1) is 0 Å². The third kappa shape index (κ3) is 3.66. The number of nitrogens with zero attached hydrogens (tertiary/aromatic N) is 3. The van der Waals surface area contributed by atoms with Crippen molar-refractivity contribution in [2.75, 3.05) is 7.54 Å². The Bertz CT molecular complexity index is 715. The topological polar surface area (TPSA) is 9.72 Å².